The minimum Gasteiger partial charge on any atom is -0.330 e. The Hall–Kier alpha value is 0.0500. The van der Waals surface area contributed by atoms with E-state index in [4.69, 9.17) is 5.73 Å². The van der Waals surface area contributed by atoms with Crippen molar-refractivity contribution in [1.29, 1.82) is 0 Å². The van der Waals surface area contributed by atoms with Gasteiger partial charge in [-0.1, -0.05) is 6.08 Å². The van der Waals surface area contributed by atoms with E-state index in [9.17, 15) is 0 Å². The molecular weight excluding hydrogens is 118 g/mol. The summed E-state index contributed by atoms with van der Waals surface area (Å²) in [6.45, 7) is 2.83. The molecule has 0 aromatic carbocycles. The molecule has 0 amide bonds. The first kappa shape index (κ1) is 8.05. The first-order valence-electron chi connectivity index (χ1n) is 2.84. The molecule has 2 N–H and O–H groups in total. The lowest BCUT2D eigenvalue weighted by atomic mass is 10.5. The smallest absolute Gasteiger partial charge is 0.00141 e. The molecule has 0 bridgehead atoms. The highest BCUT2D eigenvalue weighted by molar-refractivity contribution is 8.02. The van der Waals surface area contributed by atoms with Crippen LogP contribution in [0.25, 0.3) is 0 Å². The lowest BCUT2D eigenvalue weighted by Gasteiger charge is -1.89. The van der Waals surface area contributed by atoms with Gasteiger partial charge in [-0.05, 0) is 31.1 Å². The summed E-state index contributed by atoms with van der Waals surface area (Å²) in [5.74, 6) is 1.15. The van der Waals surface area contributed by atoms with Crippen molar-refractivity contribution in [2.24, 2.45) is 5.73 Å². The van der Waals surface area contributed by atoms with E-state index in [2.05, 4.69) is 5.41 Å². The van der Waals surface area contributed by atoms with E-state index in [-0.39, 0.29) is 0 Å². The average Bonchev–Trinajstić information content (AvgIpc) is 1.81. The van der Waals surface area contributed by atoms with Gasteiger partial charge in [0.2, 0.25) is 0 Å². The van der Waals surface area contributed by atoms with Gasteiger partial charge in [-0.15, -0.1) is 11.8 Å². The summed E-state index contributed by atoms with van der Waals surface area (Å²) in [4.78, 5) is 0. The predicted molar refractivity (Wildman–Crippen MR) is 40.9 cm³/mol. The van der Waals surface area contributed by atoms with Crippen LogP contribution in [0.5, 0.6) is 0 Å². The number of thioether (sulfide) groups is 1. The molecule has 0 radical (unpaired) electrons. The largest absolute Gasteiger partial charge is 0.330 e. The second-order valence-electron chi connectivity index (χ2n) is 1.48. The molecule has 0 saturated carbocycles. The monoisotopic (exact) mass is 131 g/mol. The van der Waals surface area contributed by atoms with E-state index in [1.165, 1.54) is 0 Å². The molecule has 0 aliphatic carbocycles. The van der Waals surface area contributed by atoms with Crippen LogP contribution in [0.15, 0.2) is 11.5 Å². The van der Waals surface area contributed by atoms with Gasteiger partial charge in [0.1, 0.15) is 0 Å². The van der Waals surface area contributed by atoms with Gasteiger partial charge in [0.25, 0.3) is 0 Å². The summed E-state index contributed by atoms with van der Waals surface area (Å²) in [5.41, 5.74) is 5.27. The van der Waals surface area contributed by atoms with Gasteiger partial charge < -0.3 is 5.73 Å². The SMILES string of the molecule is CC=CSCCCN. The molecule has 0 aromatic rings. The maximum atomic E-state index is 5.27. The average molecular weight is 131 g/mol. The van der Waals surface area contributed by atoms with E-state index in [0.29, 0.717) is 0 Å². The standard InChI is InChI=1S/C6H13NS/c1-2-5-8-6-3-4-7/h2,5H,3-4,6-7H2,1H3. The molecule has 2 heteroatoms. The van der Waals surface area contributed by atoms with E-state index < -0.39 is 0 Å². The van der Waals surface area contributed by atoms with Crippen LogP contribution in [0.3, 0.4) is 0 Å². The third-order valence-corrected chi connectivity index (χ3v) is 1.69. The molecule has 0 unspecified atom stereocenters. The number of hydrogen-bond acceptors (Lipinski definition) is 2. The van der Waals surface area contributed by atoms with Crippen molar-refractivity contribution in [2.45, 2.75) is 13.3 Å². The van der Waals surface area contributed by atoms with Crippen LogP contribution in [-0.2, 0) is 0 Å². The maximum Gasteiger partial charge on any atom is -0.00141 e. The second kappa shape index (κ2) is 7.05. The minimum atomic E-state index is 0.810. The third kappa shape index (κ3) is 6.05. The van der Waals surface area contributed by atoms with Crippen LogP contribution < -0.4 is 5.73 Å². The van der Waals surface area contributed by atoms with Crippen molar-refractivity contribution in [1.82, 2.24) is 0 Å². The summed E-state index contributed by atoms with van der Waals surface area (Å²) < 4.78 is 0. The highest BCUT2D eigenvalue weighted by Gasteiger charge is 1.78. The van der Waals surface area contributed by atoms with Crippen LogP contribution in [-0.4, -0.2) is 12.3 Å². The quantitative estimate of drug-likeness (QED) is 0.586. The summed E-state index contributed by atoms with van der Waals surface area (Å²) >= 11 is 1.82. The maximum absolute atomic E-state index is 5.27. The Balaban J connectivity index is 2.72. The Morgan fingerprint density at radius 1 is 1.62 bits per heavy atom. The summed E-state index contributed by atoms with van der Waals surface area (Å²) in [6, 6.07) is 0. The molecule has 0 fully saturated rings. The zero-order chi connectivity index (χ0) is 6.24. The highest BCUT2D eigenvalue weighted by Crippen LogP contribution is 2.01. The Bertz CT molecular complexity index is 61.5. The minimum absolute atomic E-state index is 0.810. The molecule has 0 spiro atoms. The summed E-state index contributed by atoms with van der Waals surface area (Å²) in [7, 11) is 0. The Kier molecular flexibility index (Phi) is 7.09. The molecule has 0 heterocycles. The van der Waals surface area contributed by atoms with Crippen molar-refractivity contribution in [3.05, 3.63) is 11.5 Å². The van der Waals surface area contributed by atoms with Crippen LogP contribution in [0, 0.1) is 0 Å². The van der Waals surface area contributed by atoms with Gasteiger partial charge in [0.05, 0.1) is 0 Å². The Morgan fingerprint density at radius 2 is 2.38 bits per heavy atom. The molecule has 0 aliphatic heterocycles. The predicted octanol–water partition coefficient (Wildman–Crippen LogP) is 1.60. The number of rotatable bonds is 4. The molecule has 0 rings (SSSR count). The third-order valence-electron chi connectivity index (χ3n) is 0.699. The van der Waals surface area contributed by atoms with Gasteiger partial charge >= 0.3 is 0 Å². The lowest BCUT2D eigenvalue weighted by Crippen LogP contribution is -1.98. The molecule has 0 atom stereocenters. The van der Waals surface area contributed by atoms with E-state index in [0.717, 1.165) is 18.7 Å². The zero-order valence-electron chi connectivity index (χ0n) is 5.26. The fourth-order valence-electron chi connectivity index (χ4n) is 0.331. The molecule has 8 heavy (non-hydrogen) atoms. The number of hydrogen-bond donors (Lipinski definition) is 1. The lowest BCUT2D eigenvalue weighted by molar-refractivity contribution is 0.945. The van der Waals surface area contributed by atoms with Crippen LogP contribution in [0.4, 0.5) is 0 Å². The normalized spacial score (nSPS) is 10.8. The fraction of sp³-hybridized carbons (Fsp3) is 0.667. The first-order valence-corrected chi connectivity index (χ1v) is 3.89. The van der Waals surface area contributed by atoms with Crippen LogP contribution in [0.1, 0.15) is 13.3 Å². The van der Waals surface area contributed by atoms with E-state index in [1.54, 1.807) is 0 Å². The first-order chi connectivity index (χ1) is 3.91. The van der Waals surface area contributed by atoms with Gasteiger partial charge in [0.15, 0.2) is 0 Å². The van der Waals surface area contributed by atoms with Gasteiger partial charge in [-0.25, -0.2) is 0 Å². The van der Waals surface area contributed by atoms with Crippen molar-refractivity contribution in [2.75, 3.05) is 12.3 Å². The molecule has 0 aliphatic rings. The fourth-order valence-corrected chi connectivity index (χ4v) is 0.993. The van der Waals surface area contributed by atoms with Gasteiger partial charge in [-0.2, -0.15) is 0 Å². The topological polar surface area (TPSA) is 26.0 Å². The summed E-state index contributed by atoms with van der Waals surface area (Å²) in [6.07, 6.45) is 3.16. The molecule has 1 nitrogen and oxygen atoms in total. The molecule has 0 aromatic heterocycles. The van der Waals surface area contributed by atoms with Crippen molar-refractivity contribution >= 4 is 11.8 Å². The molecule has 48 valence electrons. The van der Waals surface area contributed by atoms with Crippen molar-refractivity contribution < 1.29 is 0 Å². The van der Waals surface area contributed by atoms with Gasteiger partial charge in [-0.3, -0.25) is 0 Å². The van der Waals surface area contributed by atoms with E-state index in [1.807, 2.05) is 24.8 Å². The summed E-state index contributed by atoms with van der Waals surface area (Å²) in [5, 5.41) is 2.09. The molecular formula is C6H13NS. The second-order valence-corrected chi connectivity index (χ2v) is 2.50. The van der Waals surface area contributed by atoms with Crippen molar-refractivity contribution in [3.8, 4) is 0 Å². The highest BCUT2D eigenvalue weighted by atomic mass is 32.2. The Labute approximate surface area is 55.3 Å². The number of allylic oxidation sites excluding steroid dienone is 1. The number of nitrogens with two attached hydrogens (primary N) is 1. The van der Waals surface area contributed by atoms with Crippen LogP contribution in [0.2, 0.25) is 0 Å². The molecule has 0 saturated heterocycles. The Morgan fingerprint density at radius 3 is 2.88 bits per heavy atom. The van der Waals surface area contributed by atoms with Gasteiger partial charge in [0, 0.05) is 0 Å². The van der Waals surface area contributed by atoms with Crippen LogP contribution >= 0.6 is 11.8 Å². The van der Waals surface area contributed by atoms with E-state index >= 15 is 0 Å². The van der Waals surface area contributed by atoms with Crippen molar-refractivity contribution in [3.63, 3.8) is 0 Å². The zero-order valence-corrected chi connectivity index (χ0v) is 6.08.